The molecule has 2 rings (SSSR count). The summed E-state index contributed by atoms with van der Waals surface area (Å²) in [7, 11) is 0. The molecule has 1 aliphatic rings. The zero-order valence-electron chi connectivity index (χ0n) is 6.11. The first kappa shape index (κ1) is 7.49. The van der Waals surface area contributed by atoms with Crippen LogP contribution >= 0.6 is 15.9 Å². The van der Waals surface area contributed by atoms with Crippen molar-refractivity contribution in [1.29, 1.82) is 0 Å². The molecule has 59 valence electrons. The fraction of sp³-hybridized carbons (Fsp3) is 0. The Hall–Kier alpha value is -1.16. The third-order valence-corrected chi connectivity index (χ3v) is 2.02. The van der Waals surface area contributed by atoms with Crippen LogP contribution in [0, 0.1) is 0 Å². The van der Waals surface area contributed by atoms with E-state index in [-0.39, 0.29) is 0 Å². The van der Waals surface area contributed by atoms with E-state index in [4.69, 9.17) is 0 Å². The van der Waals surface area contributed by atoms with E-state index in [9.17, 15) is 0 Å². The molecule has 0 bridgehead atoms. The van der Waals surface area contributed by atoms with Crippen LogP contribution in [0.25, 0.3) is 0 Å². The topological polar surface area (TPSA) is 38.8 Å². The minimum atomic E-state index is 0.669. The molecule has 1 aromatic carbocycles. The number of amidine groups is 1. The van der Waals surface area contributed by atoms with Gasteiger partial charge in [-0.15, -0.1) is 10.5 Å². The fourth-order valence-electron chi connectivity index (χ4n) is 0.918. The molecule has 3 nitrogen and oxygen atoms in total. The van der Waals surface area contributed by atoms with E-state index in [1.54, 1.807) is 0 Å². The minimum absolute atomic E-state index is 0.669. The van der Waals surface area contributed by atoms with Crippen molar-refractivity contribution >= 4 is 28.1 Å². The zero-order valence-corrected chi connectivity index (χ0v) is 7.69. The van der Waals surface area contributed by atoms with Gasteiger partial charge in [-0.3, -0.25) is 0 Å². The molecule has 1 radical (unpaired) electrons. The average Bonchev–Trinajstić information content (AvgIpc) is 2.58. The number of aliphatic imine (C=N–C) groups is 1. The van der Waals surface area contributed by atoms with Gasteiger partial charge in [0.2, 0.25) is 0 Å². The summed E-state index contributed by atoms with van der Waals surface area (Å²) in [4.78, 5) is 3.98. The van der Waals surface area contributed by atoms with Crippen LogP contribution in [-0.2, 0) is 0 Å². The standard InChI is InChI=1S/C8H5BrN3/c9-7-3-1-6(2-4-7)8-10-5-11-12-8/h1-5H. The van der Waals surface area contributed by atoms with E-state index in [0.717, 1.165) is 10.0 Å². The van der Waals surface area contributed by atoms with Gasteiger partial charge in [0.1, 0.15) is 6.34 Å². The zero-order chi connectivity index (χ0) is 8.39. The number of rotatable bonds is 1. The molecule has 0 atom stereocenters. The molecule has 0 spiro atoms. The van der Waals surface area contributed by atoms with Gasteiger partial charge in [0.15, 0.2) is 5.84 Å². The van der Waals surface area contributed by atoms with E-state index in [0.29, 0.717) is 5.84 Å². The van der Waals surface area contributed by atoms with E-state index in [2.05, 4.69) is 31.4 Å². The number of hydrogen-bond donors (Lipinski definition) is 0. The highest BCUT2D eigenvalue weighted by Gasteiger charge is 2.04. The lowest BCUT2D eigenvalue weighted by molar-refractivity contribution is 1.06. The highest BCUT2D eigenvalue weighted by atomic mass is 79.9. The summed E-state index contributed by atoms with van der Waals surface area (Å²) in [5.74, 6) is 0.669. The molecule has 0 saturated carbocycles. The van der Waals surface area contributed by atoms with Gasteiger partial charge in [0.25, 0.3) is 0 Å². The molecule has 4 heteroatoms. The van der Waals surface area contributed by atoms with Crippen LogP contribution in [0.1, 0.15) is 5.56 Å². The van der Waals surface area contributed by atoms with Crippen molar-refractivity contribution in [3.8, 4) is 0 Å². The summed E-state index contributed by atoms with van der Waals surface area (Å²) >= 11 is 3.35. The molecule has 0 fully saturated rings. The molecular formula is C8H5BrN3. The van der Waals surface area contributed by atoms with Crippen LogP contribution in [0.5, 0.6) is 0 Å². The Morgan fingerprint density at radius 3 is 2.42 bits per heavy atom. The van der Waals surface area contributed by atoms with Crippen LogP contribution < -0.4 is 5.43 Å². The molecule has 0 amide bonds. The molecule has 0 aliphatic carbocycles. The van der Waals surface area contributed by atoms with E-state index in [1.165, 1.54) is 6.34 Å². The van der Waals surface area contributed by atoms with Gasteiger partial charge in [0.05, 0.1) is 0 Å². The third kappa shape index (κ3) is 1.38. The van der Waals surface area contributed by atoms with Crippen molar-refractivity contribution in [2.24, 2.45) is 10.1 Å². The summed E-state index contributed by atoms with van der Waals surface area (Å²) in [5.41, 5.74) is 4.63. The molecule has 1 aromatic rings. The van der Waals surface area contributed by atoms with Crippen molar-refractivity contribution in [3.05, 3.63) is 34.3 Å². The molecule has 12 heavy (non-hydrogen) atoms. The van der Waals surface area contributed by atoms with Gasteiger partial charge in [-0.05, 0) is 12.1 Å². The summed E-state index contributed by atoms with van der Waals surface area (Å²) < 4.78 is 1.05. The smallest absolute Gasteiger partial charge is 0.183 e. The largest absolute Gasteiger partial charge is 0.213 e. The molecule has 0 unspecified atom stereocenters. The summed E-state index contributed by atoms with van der Waals surface area (Å²) in [6, 6.07) is 7.79. The van der Waals surface area contributed by atoms with Crippen LogP contribution in [0.4, 0.5) is 0 Å². The van der Waals surface area contributed by atoms with Gasteiger partial charge in [-0.1, -0.05) is 28.1 Å². The van der Waals surface area contributed by atoms with E-state index in [1.807, 2.05) is 24.3 Å². The second-order valence-electron chi connectivity index (χ2n) is 2.29. The maximum Gasteiger partial charge on any atom is 0.183 e. The number of halogens is 1. The van der Waals surface area contributed by atoms with Crippen molar-refractivity contribution in [3.63, 3.8) is 0 Å². The van der Waals surface area contributed by atoms with Gasteiger partial charge in [-0.25, -0.2) is 4.99 Å². The first-order chi connectivity index (χ1) is 5.86. The van der Waals surface area contributed by atoms with Gasteiger partial charge in [0, 0.05) is 10.0 Å². The molecule has 1 aliphatic heterocycles. The highest BCUT2D eigenvalue weighted by Crippen LogP contribution is 2.12. The predicted octanol–water partition coefficient (Wildman–Crippen LogP) is 1.76. The first-order valence-electron chi connectivity index (χ1n) is 3.42. The minimum Gasteiger partial charge on any atom is -0.213 e. The van der Waals surface area contributed by atoms with Gasteiger partial charge >= 0.3 is 0 Å². The first-order valence-corrected chi connectivity index (χ1v) is 4.22. The Bertz CT molecular complexity index is 340. The Labute approximate surface area is 78.3 Å². The molecule has 0 aromatic heterocycles. The predicted molar refractivity (Wildman–Crippen MR) is 51.3 cm³/mol. The molecule has 1 heterocycles. The van der Waals surface area contributed by atoms with Crippen molar-refractivity contribution in [1.82, 2.24) is 5.43 Å². The molecule has 0 saturated heterocycles. The number of hydrogen-bond acceptors (Lipinski definition) is 2. The van der Waals surface area contributed by atoms with Gasteiger partial charge in [-0.2, -0.15) is 0 Å². The van der Waals surface area contributed by atoms with Crippen molar-refractivity contribution in [2.45, 2.75) is 0 Å². The summed E-state index contributed by atoms with van der Waals surface area (Å²) in [6.07, 6.45) is 1.44. The number of benzene rings is 1. The Kier molecular flexibility index (Phi) is 1.91. The van der Waals surface area contributed by atoms with E-state index < -0.39 is 0 Å². The third-order valence-electron chi connectivity index (χ3n) is 1.49. The maximum atomic E-state index is 3.98. The summed E-state index contributed by atoms with van der Waals surface area (Å²) in [5, 5.41) is 3.84. The normalized spacial score (nSPS) is 14.2. The van der Waals surface area contributed by atoms with Crippen molar-refractivity contribution < 1.29 is 0 Å². The lowest BCUT2D eigenvalue weighted by Crippen LogP contribution is -1.92. The van der Waals surface area contributed by atoms with Crippen LogP contribution in [-0.4, -0.2) is 12.2 Å². The SMILES string of the molecule is Brc1ccc(C2=N[N]C=N2)cc1. The van der Waals surface area contributed by atoms with E-state index >= 15 is 0 Å². The number of nitrogens with zero attached hydrogens (tertiary/aromatic N) is 3. The Morgan fingerprint density at radius 2 is 1.83 bits per heavy atom. The van der Waals surface area contributed by atoms with Crippen molar-refractivity contribution in [2.75, 3.05) is 0 Å². The second kappa shape index (κ2) is 3.06. The Morgan fingerprint density at radius 1 is 1.08 bits per heavy atom. The van der Waals surface area contributed by atoms with Crippen LogP contribution in [0.2, 0.25) is 0 Å². The lowest BCUT2D eigenvalue weighted by Gasteiger charge is -1.95. The van der Waals surface area contributed by atoms with Gasteiger partial charge < -0.3 is 0 Å². The monoisotopic (exact) mass is 222 g/mol. The molecular weight excluding hydrogens is 218 g/mol. The maximum absolute atomic E-state index is 3.98. The quantitative estimate of drug-likeness (QED) is 0.695. The second-order valence-corrected chi connectivity index (χ2v) is 3.21. The highest BCUT2D eigenvalue weighted by molar-refractivity contribution is 9.10. The Balaban J connectivity index is 2.35. The average molecular weight is 223 g/mol. The summed E-state index contributed by atoms with van der Waals surface area (Å²) in [6.45, 7) is 0. The van der Waals surface area contributed by atoms with Crippen LogP contribution in [0.15, 0.2) is 38.8 Å². The lowest BCUT2D eigenvalue weighted by atomic mass is 10.2. The molecule has 0 N–H and O–H groups in total. The fourth-order valence-corrected chi connectivity index (χ4v) is 1.18. The van der Waals surface area contributed by atoms with Crippen LogP contribution in [0.3, 0.4) is 0 Å².